The van der Waals surface area contributed by atoms with Gasteiger partial charge in [0, 0.05) is 5.56 Å². The largest absolute Gasteiger partial charge is 0.486 e. The van der Waals surface area contributed by atoms with E-state index in [0.29, 0.717) is 34.2 Å². The molecule has 2 aromatic carbocycles. The van der Waals surface area contributed by atoms with Gasteiger partial charge in [0.2, 0.25) is 5.16 Å². The van der Waals surface area contributed by atoms with Crippen LogP contribution in [0, 0.1) is 12.7 Å². The molecule has 0 unspecified atom stereocenters. The monoisotopic (exact) mass is 412 g/mol. The van der Waals surface area contributed by atoms with Crippen LogP contribution in [0.4, 0.5) is 4.39 Å². The molecule has 0 saturated heterocycles. The smallest absolute Gasteiger partial charge is 0.257 e. The molecule has 0 aliphatic carbocycles. The maximum Gasteiger partial charge on any atom is 0.257 e. The van der Waals surface area contributed by atoms with Gasteiger partial charge in [-0.15, -0.1) is 10.2 Å². The van der Waals surface area contributed by atoms with Crippen LogP contribution in [0.15, 0.2) is 58.2 Å². The lowest BCUT2D eigenvalue weighted by Gasteiger charge is -2.06. The number of thioether (sulfide) groups is 1. The Labute approximate surface area is 169 Å². The number of nitrogens with two attached hydrogens (primary N) is 1. The zero-order valence-electron chi connectivity index (χ0n) is 15.4. The van der Waals surface area contributed by atoms with E-state index in [0.717, 1.165) is 11.1 Å². The molecule has 2 heterocycles. The van der Waals surface area contributed by atoms with Crippen molar-refractivity contribution >= 4 is 11.8 Å². The van der Waals surface area contributed by atoms with Crippen molar-refractivity contribution in [1.29, 1.82) is 0 Å². The number of benzene rings is 2. The van der Waals surface area contributed by atoms with Crippen LogP contribution in [0.25, 0.3) is 11.5 Å². The predicted octanol–water partition coefficient (Wildman–Crippen LogP) is 3.36. The molecular weight excluding hydrogens is 395 g/mol. The third-order valence-corrected chi connectivity index (χ3v) is 4.92. The number of rotatable bonds is 7. The highest BCUT2D eigenvalue weighted by Crippen LogP contribution is 2.23. The second-order valence-corrected chi connectivity index (χ2v) is 7.13. The van der Waals surface area contributed by atoms with Crippen LogP contribution in [0.2, 0.25) is 0 Å². The zero-order chi connectivity index (χ0) is 20.2. The van der Waals surface area contributed by atoms with E-state index in [1.165, 1.54) is 40.7 Å². The molecule has 0 bridgehead atoms. The summed E-state index contributed by atoms with van der Waals surface area (Å²) in [6, 6.07) is 13.5. The molecule has 0 aliphatic rings. The third-order valence-electron chi connectivity index (χ3n) is 3.98. The van der Waals surface area contributed by atoms with Crippen LogP contribution in [0.1, 0.15) is 17.2 Å². The molecule has 4 rings (SSSR count). The van der Waals surface area contributed by atoms with Gasteiger partial charge in [0.15, 0.2) is 11.6 Å². The van der Waals surface area contributed by atoms with Crippen molar-refractivity contribution in [2.24, 2.45) is 0 Å². The Balaban J connectivity index is 1.36. The van der Waals surface area contributed by atoms with Crippen molar-refractivity contribution < 1.29 is 13.7 Å². The SMILES string of the molecule is Cc1cccc(-c2nc(CSc3nnc(COc4ccc(F)cc4)n3N)no2)c1. The highest BCUT2D eigenvalue weighted by Gasteiger charge is 2.14. The van der Waals surface area contributed by atoms with Gasteiger partial charge in [0.1, 0.15) is 18.2 Å². The normalized spacial score (nSPS) is 11.0. The first-order valence-corrected chi connectivity index (χ1v) is 9.67. The predicted molar refractivity (Wildman–Crippen MR) is 105 cm³/mol. The fourth-order valence-corrected chi connectivity index (χ4v) is 3.24. The first-order valence-electron chi connectivity index (χ1n) is 8.68. The molecule has 2 N–H and O–H groups in total. The molecule has 148 valence electrons. The van der Waals surface area contributed by atoms with Gasteiger partial charge in [-0.3, -0.25) is 0 Å². The molecule has 0 saturated carbocycles. The van der Waals surface area contributed by atoms with Crippen molar-refractivity contribution in [2.45, 2.75) is 24.4 Å². The number of hydrogen-bond donors (Lipinski definition) is 1. The van der Waals surface area contributed by atoms with Crippen molar-refractivity contribution in [2.75, 3.05) is 5.84 Å². The molecule has 2 aromatic heterocycles. The van der Waals surface area contributed by atoms with E-state index in [2.05, 4.69) is 20.3 Å². The average Bonchev–Trinajstić information content (AvgIpc) is 3.33. The minimum atomic E-state index is -0.329. The minimum Gasteiger partial charge on any atom is -0.486 e. The summed E-state index contributed by atoms with van der Waals surface area (Å²) in [5.74, 6) is 8.07. The fourth-order valence-electron chi connectivity index (χ4n) is 2.52. The van der Waals surface area contributed by atoms with Gasteiger partial charge >= 0.3 is 0 Å². The highest BCUT2D eigenvalue weighted by atomic mass is 32.2. The Morgan fingerprint density at radius 3 is 2.79 bits per heavy atom. The van der Waals surface area contributed by atoms with Crippen LogP contribution in [-0.2, 0) is 12.4 Å². The third kappa shape index (κ3) is 4.54. The lowest BCUT2D eigenvalue weighted by atomic mass is 10.1. The number of halogens is 1. The maximum atomic E-state index is 12.9. The Bertz CT molecular complexity index is 1110. The highest BCUT2D eigenvalue weighted by molar-refractivity contribution is 7.98. The molecule has 0 amide bonds. The number of aromatic nitrogens is 5. The molecule has 29 heavy (non-hydrogen) atoms. The number of nitrogens with zero attached hydrogens (tertiary/aromatic N) is 5. The average molecular weight is 412 g/mol. The van der Waals surface area contributed by atoms with Crippen LogP contribution in [0.3, 0.4) is 0 Å². The van der Waals surface area contributed by atoms with Crippen LogP contribution in [-0.4, -0.2) is 25.0 Å². The molecule has 0 atom stereocenters. The molecule has 0 aliphatic heterocycles. The van der Waals surface area contributed by atoms with E-state index < -0.39 is 0 Å². The summed E-state index contributed by atoms with van der Waals surface area (Å²) in [6.45, 7) is 2.11. The topological polar surface area (TPSA) is 105 Å². The van der Waals surface area contributed by atoms with Crippen LogP contribution >= 0.6 is 11.8 Å². The van der Waals surface area contributed by atoms with Gasteiger partial charge in [-0.1, -0.05) is 34.6 Å². The molecule has 10 heteroatoms. The summed E-state index contributed by atoms with van der Waals surface area (Å²) >= 11 is 1.33. The first-order chi connectivity index (χ1) is 14.1. The zero-order valence-corrected chi connectivity index (χ0v) is 16.3. The standard InChI is InChI=1S/C19H17FN6O2S/c1-12-3-2-4-13(9-12)18-22-16(25-28-18)11-29-19-24-23-17(26(19)21)10-27-15-7-5-14(20)6-8-15/h2-9H,10-11,21H2,1H3. The summed E-state index contributed by atoms with van der Waals surface area (Å²) in [6.07, 6.45) is 0. The molecule has 4 aromatic rings. The Hall–Kier alpha value is -3.40. The second-order valence-electron chi connectivity index (χ2n) is 6.19. The molecule has 0 fully saturated rings. The lowest BCUT2D eigenvalue weighted by Crippen LogP contribution is -2.15. The summed E-state index contributed by atoms with van der Waals surface area (Å²) in [7, 11) is 0. The first kappa shape index (κ1) is 18.9. The van der Waals surface area contributed by atoms with E-state index in [4.69, 9.17) is 15.1 Å². The molecule has 0 spiro atoms. The van der Waals surface area contributed by atoms with Gasteiger partial charge < -0.3 is 15.1 Å². The van der Waals surface area contributed by atoms with Gasteiger partial charge in [-0.05, 0) is 43.3 Å². The van der Waals surface area contributed by atoms with E-state index in [-0.39, 0.29) is 12.4 Å². The van der Waals surface area contributed by atoms with Crippen molar-refractivity contribution in [3.05, 3.63) is 71.6 Å². The number of nitrogen functional groups attached to an aromatic ring is 1. The van der Waals surface area contributed by atoms with Gasteiger partial charge in [-0.25, -0.2) is 9.07 Å². The van der Waals surface area contributed by atoms with Crippen LogP contribution < -0.4 is 10.6 Å². The summed E-state index contributed by atoms with van der Waals surface area (Å²) in [5.41, 5.74) is 1.99. The summed E-state index contributed by atoms with van der Waals surface area (Å²) < 4.78 is 25.2. The van der Waals surface area contributed by atoms with E-state index in [1.54, 1.807) is 0 Å². The van der Waals surface area contributed by atoms with E-state index >= 15 is 0 Å². The Morgan fingerprint density at radius 1 is 1.17 bits per heavy atom. The molecule has 8 nitrogen and oxygen atoms in total. The number of hydrogen-bond acceptors (Lipinski definition) is 8. The minimum absolute atomic E-state index is 0.107. The van der Waals surface area contributed by atoms with E-state index in [9.17, 15) is 4.39 Å². The fraction of sp³-hybridized carbons (Fsp3) is 0.158. The summed E-state index contributed by atoms with van der Waals surface area (Å²) in [4.78, 5) is 4.40. The van der Waals surface area contributed by atoms with Crippen molar-refractivity contribution in [1.82, 2.24) is 25.0 Å². The van der Waals surface area contributed by atoms with Gasteiger partial charge in [0.25, 0.3) is 5.89 Å². The number of aryl methyl sites for hydroxylation is 1. The maximum absolute atomic E-state index is 12.9. The second kappa shape index (κ2) is 8.31. The van der Waals surface area contributed by atoms with Crippen LogP contribution in [0.5, 0.6) is 5.75 Å². The molecule has 0 radical (unpaired) electrons. The van der Waals surface area contributed by atoms with Crippen molar-refractivity contribution in [3.63, 3.8) is 0 Å². The van der Waals surface area contributed by atoms with E-state index in [1.807, 2.05) is 31.2 Å². The Kier molecular flexibility index (Phi) is 5.43. The molecular formula is C19H17FN6O2S. The van der Waals surface area contributed by atoms with Crippen molar-refractivity contribution in [3.8, 4) is 17.2 Å². The van der Waals surface area contributed by atoms with Gasteiger partial charge in [-0.2, -0.15) is 4.98 Å². The Morgan fingerprint density at radius 2 is 2.00 bits per heavy atom. The lowest BCUT2D eigenvalue weighted by molar-refractivity contribution is 0.291. The number of ether oxygens (including phenoxy) is 1. The van der Waals surface area contributed by atoms with Gasteiger partial charge in [0.05, 0.1) is 5.75 Å². The quantitative estimate of drug-likeness (QED) is 0.364. The summed E-state index contributed by atoms with van der Waals surface area (Å²) in [5, 5.41) is 12.6.